The SMILES string of the molecule is CCN(CC1CC1)C(=O)N1CSC[C@H]1C(=O)O. The van der Waals surface area contributed by atoms with Gasteiger partial charge in [0, 0.05) is 18.8 Å². The van der Waals surface area contributed by atoms with E-state index in [2.05, 4.69) is 0 Å². The number of urea groups is 1. The van der Waals surface area contributed by atoms with Crippen molar-refractivity contribution in [1.82, 2.24) is 9.80 Å². The van der Waals surface area contributed by atoms with Crippen molar-refractivity contribution in [3.05, 3.63) is 0 Å². The number of carbonyl (C=O) groups excluding carboxylic acids is 1. The van der Waals surface area contributed by atoms with Crippen LogP contribution in [-0.2, 0) is 4.79 Å². The molecule has 0 aromatic carbocycles. The molecule has 1 aliphatic carbocycles. The molecule has 1 atom stereocenters. The first-order valence-electron chi connectivity index (χ1n) is 5.99. The van der Waals surface area contributed by atoms with Gasteiger partial charge in [-0.1, -0.05) is 0 Å². The van der Waals surface area contributed by atoms with Crippen LogP contribution in [0.2, 0.25) is 0 Å². The van der Waals surface area contributed by atoms with Gasteiger partial charge < -0.3 is 14.9 Å². The Labute approximate surface area is 105 Å². The van der Waals surface area contributed by atoms with Crippen LogP contribution < -0.4 is 0 Å². The van der Waals surface area contributed by atoms with Crippen molar-refractivity contribution >= 4 is 23.8 Å². The summed E-state index contributed by atoms with van der Waals surface area (Å²) in [6.45, 7) is 3.38. The zero-order chi connectivity index (χ0) is 12.4. The van der Waals surface area contributed by atoms with Gasteiger partial charge in [-0.05, 0) is 25.7 Å². The van der Waals surface area contributed by atoms with Crippen LogP contribution in [0.4, 0.5) is 4.79 Å². The van der Waals surface area contributed by atoms with Gasteiger partial charge in [-0.15, -0.1) is 11.8 Å². The van der Waals surface area contributed by atoms with E-state index in [0.29, 0.717) is 24.1 Å². The summed E-state index contributed by atoms with van der Waals surface area (Å²) in [5, 5.41) is 9.06. The third kappa shape index (κ3) is 2.86. The van der Waals surface area contributed by atoms with Crippen molar-refractivity contribution in [1.29, 1.82) is 0 Å². The average Bonchev–Trinajstić information content (AvgIpc) is 2.97. The Balaban J connectivity index is 1.98. The first kappa shape index (κ1) is 12.5. The highest BCUT2D eigenvalue weighted by Crippen LogP contribution is 2.30. The molecule has 0 aromatic heterocycles. The maximum atomic E-state index is 12.2. The smallest absolute Gasteiger partial charge is 0.327 e. The van der Waals surface area contributed by atoms with Gasteiger partial charge in [-0.25, -0.2) is 9.59 Å². The van der Waals surface area contributed by atoms with E-state index in [9.17, 15) is 9.59 Å². The number of thioether (sulfide) groups is 1. The zero-order valence-corrected chi connectivity index (χ0v) is 10.8. The first-order chi connectivity index (χ1) is 8.13. The predicted octanol–water partition coefficient (Wildman–Crippen LogP) is 1.30. The maximum absolute atomic E-state index is 12.2. The summed E-state index contributed by atoms with van der Waals surface area (Å²) in [5.41, 5.74) is 0. The Hall–Kier alpha value is -0.910. The molecule has 0 aromatic rings. The molecule has 1 N–H and O–H groups in total. The van der Waals surface area contributed by atoms with Gasteiger partial charge >= 0.3 is 12.0 Å². The van der Waals surface area contributed by atoms with Gasteiger partial charge in [0.25, 0.3) is 0 Å². The maximum Gasteiger partial charge on any atom is 0.327 e. The standard InChI is InChI=1S/C11H18N2O3S/c1-2-12(5-8-3-4-8)11(16)13-7-17-6-9(13)10(14)15/h8-9H,2-7H2,1H3,(H,14,15)/t9-/m0/s1. The number of rotatable bonds is 4. The Morgan fingerprint density at radius 1 is 1.47 bits per heavy atom. The lowest BCUT2D eigenvalue weighted by Crippen LogP contribution is -2.49. The fourth-order valence-electron chi connectivity index (χ4n) is 1.97. The number of hydrogen-bond acceptors (Lipinski definition) is 3. The Morgan fingerprint density at radius 2 is 2.18 bits per heavy atom. The van der Waals surface area contributed by atoms with Crippen molar-refractivity contribution in [3.63, 3.8) is 0 Å². The third-order valence-electron chi connectivity index (χ3n) is 3.24. The number of carboxylic acids is 1. The molecule has 2 rings (SSSR count). The second-order valence-electron chi connectivity index (χ2n) is 4.59. The molecule has 1 aliphatic heterocycles. The van der Waals surface area contributed by atoms with E-state index >= 15 is 0 Å². The molecule has 96 valence electrons. The number of aliphatic carboxylic acids is 1. The lowest BCUT2D eigenvalue weighted by atomic mass is 10.3. The molecule has 1 heterocycles. The molecule has 1 saturated carbocycles. The van der Waals surface area contributed by atoms with Crippen molar-refractivity contribution in [2.45, 2.75) is 25.8 Å². The summed E-state index contributed by atoms with van der Waals surface area (Å²) < 4.78 is 0. The molecule has 6 heteroatoms. The average molecular weight is 258 g/mol. The summed E-state index contributed by atoms with van der Waals surface area (Å²) in [6, 6.07) is -0.766. The predicted molar refractivity (Wildman–Crippen MR) is 66.0 cm³/mol. The summed E-state index contributed by atoms with van der Waals surface area (Å²) in [5.74, 6) is 0.738. The Kier molecular flexibility index (Phi) is 3.81. The van der Waals surface area contributed by atoms with Crippen LogP contribution in [0.15, 0.2) is 0 Å². The van der Waals surface area contributed by atoms with Crippen LogP contribution in [0, 0.1) is 5.92 Å². The highest BCUT2D eigenvalue weighted by molar-refractivity contribution is 7.99. The van der Waals surface area contributed by atoms with Gasteiger partial charge in [0.2, 0.25) is 0 Å². The van der Waals surface area contributed by atoms with E-state index in [0.717, 1.165) is 6.54 Å². The highest BCUT2D eigenvalue weighted by Gasteiger charge is 2.37. The van der Waals surface area contributed by atoms with Crippen molar-refractivity contribution in [3.8, 4) is 0 Å². The second kappa shape index (κ2) is 5.16. The molecular formula is C11H18N2O3S. The number of carboxylic acid groups (broad SMARTS) is 1. The van der Waals surface area contributed by atoms with Crippen LogP contribution in [0.3, 0.4) is 0 Å². The molecule has 0 radical (unpaired) electrons. The van der Waals surface area contributed by atoms with E-state index in [1.807, 2.05) is 6.92 Å². The van der Waals surface area contributed by atoms with E-state index in [1.54, 1.807) is 4.90 Å². The largest absolute Gasteiger partial charge is 0.480 e. The quantitative estimate of drug-likeness (QED) is 0.825. The van der Waals surface area contributed by atoms with Crippen LogP contribution in [0.1, 0.15) is 19.8 Å². The molecule has 0 bridgehead atoms. The summed E-state index contributed by atoms with van der Waals surface area (Å²) >= 11 is 1.51. The fraction of sp³-hybridized carbons (Fsp3) is 0.818. The normalized spacial score (nSPS) is 23.8. The monoisotopic (exact) mass is 258 g/mol. The molecule has 0 unspecified atom stereocenters. The fourth-order valence-corrected chi connectivity index (χ4v) is 3.11. The van der Waals surface area contributed by atoms with Crippen LogP contribution >= 0.6 is 11.8 Å². The van der Waals surface area contributed by atoms with E-state index in [4.69, 9.17) is 5.11 Å². The van der Waals surface area contributed by atoms with Crippen molar-refractivity contribution in [2.75, 3.05) is 24.7 Å². The van der Waals surface area contributed by atoms with Gasteiger partial charge in [-0.2, -0.15) is 0 Å². The number of carbonyl (C=O) groups is 2. The van der Waals surface area contributed by atoms with Gasteiger partial charge in [-0.3, -0.25) is 0 Å². The molecule has 2 fully saturated rings. The number of amides is 2. The molecule has 2 amide bonds. The van der Waals surface area contributed by atoms with E-state index < -0.39 is 12.0 Å². The minimum atomic E-state index is -0.897. The van der Waals surface area contributed by atoms with Crippen molar-refractivity contribution in [2.24, 2.45) is 5.92 Å². The van der Waals surface area contributed by atoms with Crippen molar-refractivity contribution < 1.29 is 14.7 Å². The third-order valence-corrected chi connectivity index (χ3v) is 4.25. The number of nitrogens with zero attached hydrogens (tertiary/aromatic N) is 2. The highest BCUT2D eigenvalue weighted by atomic mass is 32.2. The number of hydrogen-bond donors (Lipinski definition) is 1. The van der Waals surface area contributed by atoms with Gasteiger partial charge in [0.1, 0.15) is 6.04 Å². The Morgan fingerprint density at radius 3 is 2.71 bits per heavy atom. The lowest BCUT2D eigenvalue weighted by molar-refractivity contribution is -0.140. The summed E-state index contributed by atoms with van der Waals surface area (Å²) in [4.78, 5) is 26.5. The van der Waals surface area contributed by atoms with Crippen LogP contribution in [0.5, 0.6) is 0 Å². The minimum Gasteiger partial charge on any atom is -0.480 e. The summed E-state index contributed by atoms with van der Waals surface area (Å²) in [7, 11) is 0. The molecular weight excluding hydrogens is 240 g/mol. The topological polar surface area (TPSA) is 60.9 Å². The first-order valence-corrected chi connectivity index (χ1v) is 7.15. The summed E-state index contributed by atoms with van der Waals surface area (Å²) in [6.07, 6.45) is 2.39. The molecule has 5 nitrogen and oxygen atoms in total. The second-order valence-corrected chi connectivity index (χ2v) is 5.59. The lowest BCUT2D eigenvalue weighted by Gasteiger charge is -2.29. The molecule has 1 saturated heterocycles. The zero-order valence-electron chi connectivity index (χ0n) is 9.96. The van der Waals surface area contributed by atoms with Gasteiger partial charge in [0.15, 0.2) is 0 Å². The van der Waals surface area contributed by atoms with E-state index in [-0.39, 0.29) is 6.03 Å². The minimum absolute atomic E-state index is 0.114. The van der Waals surface area contributed by atoms with E-state index in [1.165, 1.54) is 29.5 Å². The Bertz CT molecular complexity index is 320. The van der Waals surface area contributed by atoms with Crippen LogP contribution in [-0.4, -0.2) is 57.7 Å². The molecule has 0 spiro atoms. The van der Waals surface area contributed by atoms with Crippen LogP contribution in [0.25, 0.3) is 0 Å². The van der Waals surface area contributed by atoms with Gasteiger partial charge in [0.05, 0.1) is 5.88 Å². The molecule has 17 heavy (non-hydrogen) atoms. The molecule has 2 aliphatic rings.